The Hall–Kier alpha value is -2.50. The van der Waals surface area contributed by atoms with E-state index in [1.165, 1.54) is 44.2 Å². The Morgan fingerprint density at radius 2 is 0.970 bits per heavy atom. The second kappa shape index (κ2) is 12.1. The standard InChI is InChI=1S/C27H40O6/c1-26(2,16-20-14-22(28)24(30)18-32-20)12-10-8-6-5-7-9-11-13-27(3,4)17-21-15-23(29)25(31)19-33-21/h14-15,18-19,30-31H,5-13,16-17H2,1-4H3. The molecule has 0 aliphatic carbocycles. The molecule has 0 aliphatic rings. The largest absolute Gasteiger partial charge is 0.502 e. The third-order valence-electron chi connectivity index (χ3n) is 6.25. The molecule has 0 fully saturated rings. The number of hydrogen-bond donors (Lipinski definition) is 2. The van der Waals surface area contributed by atoms with Crippen molar-refractivity contribution in [2.24, 2.45) is 10.8 Å². The van der Waals surface area contributed by atoms with Crippen molar-refractivity contribution >= 4 is 0 Å². The molecule has 33 heavy (non-hydrogen) atoms. The van der Waals surface area contributed by atoms with Crippen LogP contribution >= 0.6 is 0 Å². The zero-order valence-corrected chi connectivity index (χ0v) is 20.6. The van der Waals surface area contributed by atoms with Gasteiger partial charge in [-0.05, 0) is 23.7 Å². The molecule has 6 heteroatoms. The summed E-state index contributed by atoms with van der Waals surface area (Å²) in [7, 11) is 0. The number of unbranched alkanes of at least 4 members (excludes halogenated alkanes) is 6. The lowest BCUT2D eigenvalue weighted by molar-refractivity contribution is 0.283. The summed E-state index contributed by atoms with van der Waals surface area (Å²) in [6, 6.07) is 2.78. The summed E-state index contributed by atoms with van der Waals surface area (Å²) < 4.78 is 10.7. The SMILES string of the molecule is CC(C)(CCCCCCCCCC(C)(C)Cc1cc(=O)c(O)co1)Cc1cc(=O)c(O)co1. The van der Waals surface area contributed by atoms with E-state index < -0.39 is 0 Å². The molecule has 0 unspecified atom stereocenters. The average Bonchev–Trinajstić information content (AvgIpc) is 2.71. The summed E-state index contributed by atoms with van der Waals surface area (Å²) in [6.07, 6.45) is 14.2. The third kappa shape index (κ3) is 9.89. The van der Waals surface area contributed by atoms with E-state index in [0.29, 0.717) is 24.4 Å². The van der Waals surface area contributed by atoms with E-state index in [1.54, 1.807) is 0 Å². The van der Waals surface area contributed by atoms with Gasteiger partial charge >= 0.3 is 0 Å². The van der Waals surface area contributed by atoms with Crippen LogP contribution in [0.5, 0.6) is 11.5 Å². The molecule has 6 nitrogen and oxygen atoms in total. The maximum absolute atomic E-state index is 11.6. The van der Waals surface area contributed by atoms with Crippen LogP contribution in [-0.4, -0.2) is 10.2 Å². The molecule has 0 aliphatic heterocycles. The van der Waals surface area contributed by atoms with Crippen LogP contribution in [0.15, 0.2) is 43.1 Å². The van der Waals surface area contributed by atoms with Crippen molar-refractivity contribution in [1.82, 2.24) is 0 Å². The molecule has 0 atom stereocenters. The Balaban J connectivity index is 1.56. The lowest BCUT2D eigenvalue weighted by atomic mass is 9.82. The van der Waals surface area contributed by atoms with Crippen molar-refractivity contribution in [3.8, 4) is 11.5 Å². The summed E-state index contributed by atoms with van der Waals surface area (Å²) in [6.45, 7) is 8.74. The van der Waals surface area contributed by atoms with Gasteiger partial charge in [0.15, 0.2) is 11.5 Å². The van der Waals surface area contributed by atoms with Gasteiger partial charge in [0.1, 0.15) is 24.0 Å². The first-order chi connectivity index (χ1) is 15.5. The molecule has 0 aromatic carbocycles. The van der Waals surface area contributed by atoms with Gasteiger partial charge in [0.05, 0.1) is 0 Å². The smallest absolute Gasteiger partial charge is 0.226 e. The molecule has 0 amide bonds. The van der Waals surface area contributed by atoms with Gasteiger partial charge in [-0.3, -0.25) is 9.59 Å². The predicted octanol–water partition coefficient (Wildman–Crippen LogP) is 6.35. The van der Waals surface area contributed by atoms with Gasteiger partial charge in [0, 0.05) is 25.0 Å². The zero-order valence-electron chi connectivity index (χ0n) is 20.6. The highest BCUT2D eigenvalue weighted by molar-refractivity contribution is 5.16. The minimum atomic E-state index is -0.387. The zero-order chi connectivity index (χ0) is 24.5. The first-order valence-electron chi connectivity index (χ1n) is 12.1. The monoisotopic (exact) mass is 460 g/mol. The van der Waals surface area contributed by atoms with Gasteiger partial charge in [0.2, 0.25) is 10.9 Å². The summed E-state index contributed by atoms with van der Waals surface area (Å²) in [5, 5.41) is 18.6. The molecule has 0 radical (unpaired) electrons. The van der Waals surface area contributed by atoms with Gasteiger partial charge in [-0.1, -0.05) is 72.6 Å². The molecule has 2 N–H and O–H groups in total. The molecule has 184 valence electrons. The van der Waals surface area contributed by atoms with Crippen LogP contribution in [-0.2, 0) is 12.8 Å². The van der Waals surface area contributed by atoms with Gasteiger partial charge in [-0.25, -0.2) is 0 Å². The molecular formula is C27H40O6. The number of aromatic hydroxyl groups is 2. The third-order valence-corrected chi connectivity index (χ3v) is 6.25. The van der Waals surface area contributed by atoms with Crippen molar-refractivity contribution in [1.29, 1.82) is 0 Å². The highest BCUT2D eigenvalue weighted by Gasteiger charge is 2.21. The molecule has 0 saturated carbocycles. The van der Waals surface area contributed by atoms with Crippen molar-refractivity contribution in [2.45, 2.75) is 98.3 Å². The van der Waals surface area contributed by atoms with Crippen LogP contribution in [0.1, 0.15) is 97.0 Å². The van der Waals surface area contributed by atoms with Crippen LogP contribution < -0.4 is 10.9 Å². The van der Waals surface area contributed by atoms with E-state index >= 15 is 0 Å². The van der Waals surface area contributed by atoms with Crippen molar-refractivity contribution in [2.75, 3.05) is 0 Å². The minimum Gasteiger partial charge on any atom is -0.502 e. The van der Waals surface area contributed by atoms with Crippen molar-refractivity contribution < 1.29 is 19.0 Å². The van der Waals surface area contributed by atoms with Crippen LogP contribution in [0.2, 0.25) is 0 Å². The predicted molar refractivity (Wildman–Crippen MR) is 130 cm³/mol. The fourth-order valence-corrected chi connectivity index (χ4v) is 4.28. The topological polar surface area (TPSA) is 101 Å². The first kappa shape index (κ1) is 26.7. The first-order valence-corrected chi connectivity index (χ1v) is 12.1. The summed E-state index contributed by atoms with van der Waals surface area (Å²) >= 11 is 0. The number of hydrogen-bond acceptors (Lipinski definition) is 6. The molecule has 2 rings (SSSR count). The minimum absolute atomic E-state index is 0.0507. The lowest BCUT2D eigenvalue weighted by Gasteiger charge is -2.24. The molecular weight excluding hydrogens is 420 g/mol. The van der Waals surface area contributed by atoms with Crippen LogP contribution in [0.3, 0.4) is 0 Å². The molecule has 0 bridgehead atoms. The second-order valence-corrected chi connectivity index (χ2v) is 10.8. The van der Waals surface area contributed by atoms with Gasteiger partial charge in [0.25, 0.3) is 0 Å². The van der Waals surface area contributed by atoms with Gasteiger partial charge in [-0.2, -0.15) is 0 Å². The average molecular weight is 461 g/mol. The summed E-state index contributed by atoms with van der Waals surface area (Å²) in [4.78, 5) is 23.1. The molecule has 2 aromatic heterocycles. The Bertz CT molecular complexity index is 903. The van der Waals surface area contributed by atoms with Crippen LogP contribution in [0, 0.1) is 10.8 Å². The quantitative estimate of drug-likeness (QED) is 0.318. The maximum Gasteiger partial charge on any atom is 0.226 e. The fourth-order valence-electron chi connectivity index (χ4n) is 4.28. The van der Waals surface area contributed by atoms with E-state index in [1.807, 2.05) is 0 Å². The Morgan fingerprint density at radius 1 is 0.636 bits per heavy atom. The molecule has 2 heterocycles. The van der Waals surface area contributed by atoms with E-state index in [4.69, 9.17) is 8.83 Å². The lowest BCUT2D eigenvalue weighted by Crippen LogP contribution is -2.16. The Morgan fingerprint density at radius 3 is 1.30 bits per heavy atom. The highest BCUT2D eigenvalue weighted by Crippen LogP contribution is 2.30. The summed E-state index contributed by atoms with van der Waals surface area (Å²) in [5.41, 5.74) is -0.672. The highest BCUT2D eigenvalue weighted by atomic mass is 16.4. The van der Waals surface area contributed by atoms with Crippen molar-refractivity contribution in [3.05, 3.63) is 56.6 Å². The molecule has 0 spiro atoms. The van der Waals surface area contributed by atoms with Gasteiger partial charge in [-0.15, -0.1) is 0 Å². The Labute approximate surface area is 196 Å². The van der Waals surface area contributed by atoms with E-state index in [0.717, 1.165) is 38.2 Å². The van der Waals surface area contributed by atoms with Crippen LogP contribution in [0.25, 0.3) is 0 Å². The molecule has 0 saturated heterocycles. The maximum atomic E-state index is 11.6. The normalized spacial score (nSPS) is 12.2. The van der Waals surface area contributed by atoms with Gasteiger partial charge < -0.3 is 19.0 Å². The van der Waals surface area contributed by atoms with E-state index in [2.05, 4.69) is 27.7 Å². The van der Waals surface area contributed by atoms with Crippen molar-refractivity contribution in [3.63, 3.8) is 0 Å². The number of rotatable bonds is 14. The molecule has 2 aromatic rings. The summed E-state index contributed by atoms with van der Waals surface area (Å²) in [5.74, 6) is 0.563. The van der Waals surface area contributed by atoms with E-state index in [-0.39, 0.29) is 33.2 Å². The van der Waals surface area contributed by atoms with Crippen LogP contribution in [0.4, 0.5) is 0 Å². The Kier molecular flexibility index (Phi) is 9.81. The fraction of sp³-hybridized carbons (Fsp3) is 0.630. The van der Waals surface area contributed by atoms with E-state index in [9.17, 15) is 19.8 Å². The second-order valence-electron chi connectivity index (χ2n) is 10.8.